The van der Waals surface area contributed by atoms with Crippen molar-refractivity contribution in [2.45, 2.75) is 26.1 Å². The fourth-order valence-corrected chi connectivity index (χ4v) is 3.51. The van der Waals surface area contributed by atoms with Crippen LogP contribution in [0, 0.1) is 0 Å². The van der Waals surface area contributed by atoms with Gasteiger partial charge in [0.2, 0.25) is 5.91 Å². The number of fused-ring (bicyclic) bond motifs is 1. The molecule has 1 amide bonds. The highest BCUT2D eigenvalue weighted by Gasteiger charge is 2.18. The molecular weight excluding hydrogens is 324 g/mol. The van der Waals surface area contributed by atoms with E-state index in [9.17, 15) is 4.79 Å². The highest BCUT2D eigenvalue weighted by Crippen LogP contribution is 2.22. The van der Waals surface area contributed by atoms with Gasteiger partial charge in [0.1, 0.15) is 0 Å². The van der Waals surface area contributed by atoms with Crippen molar-refractivity contribution in [2.75, 3.05) is 6.54 Å². The third kappa shape index (κ3) is 3.68. The quantitative estimate of drug-likeness (QED) is 0.772. The number of carbonyl (C=O) groups excluding carboxylic acids is 1. The molecule has 1 aliphatic heterocycles. The molecule has 2 N–H and O–H groups in total. The van der Waals surface area contributed by atoms with Crippen LogP contribution in [0.1, 0.15) is 32.6 Å². The molecule has 1 aliphatic rings. The normalized spacial score (nSPS) is 14.2. The first-order valence-corrected chi connectivity index (χ1v) is 8.86. The molecule has 0 spiro atoms. The summed E-state index contributed by atoms with van der Waals surface area (Å²) in [4.78, 5) is 13.8. The third-order valence-corrected chi connectivity index (χ3v) is 4.86. The van der Waals surface area contributed by atoms with Crippen molar-refractivity contribution in [2.24, 2.45) is 5.73 Å². The average Bonchev–Trinajstić information content (AvgIpc) is 3.08. The van der Waals surface area contributed by atoms with Crippen LogP contribution in [0.3, 0.4) is 0 Å². The summed E-state index contributed by atoms with van der Waals surface area (Å²) in [6.45, 7) is 3.48. The lowest BCUT2D eigenvalue weighted by Crippen LogP contribution is -2.30. The van der Waals surface area contributed by atoms with Crippen LogP contribution in [0.5, 0.6) is 0 Å². The monoisotopic (exact) mass is 346 g/mol. The molecule has 0 radical (unpaired) electrons. The number of primary amides is 1. The summed E-state index contributed by atoms with van der Waals surface area (Å²) in [5, 5.41) is 4.49. The van der Waals surface area contributed by atoms with Crippen LogP contribution in [0.2, 0.25) is 0 Å². The van der Waals surface area contributed by atoms with Crippen LogP contribution >= 0.6 is 0 Å². The lowest BCUT2D eigenvalue weighted by atomic mass is 9.97. The molecule has 0 unspecified atom stereocenters. The van der Waals surface area contributed by atoms with Gasteiger partial charge in [-0.15, -0.1) is 0 Å². The van der Waals surface area contributed by atoms with E-state index in [1.54, 1.807) is 0 Å². The average molecular weight is 346 g/mol. The lowest BCUT2D eigenvalue weighted by molar-refractivity contribution is 0.1000. The number of hydrogen-bond donors (Lipinski definition) is 1. The van der Waals surface area contributed by atoms with Gasteiger partial charge < -0.3 is 5.73 Å². The molecule has 26 heavy (non-hydrogen) atoms. The molecule has 0 fully saturated rings. The number of carbonyl (C=O) groups is 1. The molecule has 132 valence electrons. The zero-order chi connectivity index (χ0) is 17.9. The highest BCUT2D eigenvalue weighted by molar-refractivity contribution is 5.93. The maximum absolute atomic E-state index is 11.4. The first-order chi connectivity index (χ1) is 12.7. The fraction of sp³-hybridized carbons (Fsp3) is 0.238. The molecule has 2 heterocycles. The van der Waals surface area contributed by atoms with Crippen molar-refractivity contribution in [3.05, 3.63) is 88.7 Å². The van der Waals surface area contributed by atoms with Crippen molar-refractivity contribution >= 4 is 5.91 Å². The number of hydrogen-bond acceptors (Lipinski definition) is 3. The predicted octanol–water partition coefficient (Wildman–Crippen LogP) is 2.59. The Balaban J connectivity index is 1.42. The van der Waals surface area contributed by atoms with Crippen LogP contribution in [0.25, 0.3) is 0 Å². The van der Waals surface area contributed by atoms with E-state index in [0.717, 1.165) is 32.6 Å². The SMILES string of the molecule is NC(=O)c1ccc2c(c1)CN(Cc1cnn(Cc3ccccc3)c1)CC2. The second-order valence-corrected chi connectivity index (χ2v) is 6.84. The fourth-order valence-electron chi connectivity index (χ4n) is 3.51. The van der Waals surface area contributed by atoms with E-state index in [2.05, 4.69) is 28.3 Å². The van der Waals surface area contributed by atoms with E-state index < -0.39 is 0 Å². The van der Waals surface area contributed by atoms with E-state index in [1.807, 2.05) is 47.3 Å². The highest BCUT2D eigenvalue weighted by atomic mass is 16.1. The van der Waals surface area contributed by atoms with Crippen LogP contribution in [0.4, 0.5) is 0 Å². The van der Waals surface area contributed by atoms with Crippen LogP contribution in [0.15, 0.2) is 60.9 Å². The molecule has 0 saturated heterocycles. The van der Waals surface area contributed by atoms with Crippen molar-refractivity contribution in [3.63, 3.8) is 0 Å². The Morgan fingerprint density at radius 2 is 1.88 bits per heavy atom. The minimum atomic E-state index is -0.368. The van der Waals surface area contributed by atoms with Crippen LogP contribution in [-0.2, 0) is 26.1 Å². The second-order valence-electron chi connectivity index (χ2n) is 6.84. The molecule has 5 heteroatoms. The predicted molar refractivity (Wildman–Crippen MR) is 101 cm³/mol. The summed E-state index contributed by atoms with van der Waals surface area (Å²) in [7, 11) is 0. The van der Waals surface area contributed by atoms with Gasteiger partial charge in [-0.2, -0.15) is 5.10 Å². The Morgan fingerprint density at radius 3 is 2.69 bits per heavy atom. The Kier molecular flexibility index (Phi) is 4.54. The summed E-state index contributed by atoms with van der Waals surface area (Å²) in [5.41, 5.74) is 10.9. The van der Waals surface area contributed by atoms with E-state index in [1.165, 1.54) is 22.3 Å². The molecule has 0 atom stereocenters. The number of amides is 1. The van der Waals surface area contributed by atoms with E-state index >= 15 is 0 Å². The van der Waals surface area contributed by atoms with Crippen molar-refractivity contribution in [1.29, 1.82) is 0 Å². The van der Waals surface area contributed by atoms with Gasteiger partial charge in [-0.3, -0.25) is 14.4 Å². The molecular formula is C21H22N4O. The van der Waals surface area contributed by atoms with Crippen LogP contribution in [-0.4, -0.2) is 27.1 Å². The largest absolute Gasteiger partial charge is 0.366 e. The van der Waals surface area contributed by atoms with Crippen molar-refractivity contribution in [3.8, 4) is 0 Å². The zero-order valence-electron chi connectivity index (χ0n) is 14.6. The minimum absolute atomic E-state index is 0.368. The topological polar surface area (TPSA) is 64.2 Å². The molecule has 1 aromatic heterocycles. The first-order valence-electron chi connectivity index (χ1n) is 8.86. The van der Waals surface area contributed by atoms with Crippen LogP contribution < -0.4 is 5.73 Å². The van der Waals surface area contributed by atoms with Gasteiger partial charge in [-0.1, -0.05) is 36.4 Å². The number of nitrogens with zero attached hydrogens (tertiary/aromatic N) is 3. The number of aromatic nitrogens is 2. The number of nitrogens with two attached hydrogens (primary N) is 1. The smallest absolute Gasteiger partial charge is 0.248 e. The third-order valence-electron chi connectivity index (χ3n) is 4.86. The summed E-state index contributed by atoms with van der Waals surface area (Å²) in [5.74, 6) is -0.368. The second kappa shape index (κ2) is 7.14. The Hall–Kier alpha value is -2.92. The number of rotatable bonds is 5. The van der Waals surface area contributed by atoms with Gasteiger partial charge in [0.15, 0.2) is 0 Å². The number of benzene rings is 2. The molecule has 2 aromatic carbocycles. The molecule has 4 rings (SSSR count). The van der Waals surface area contributed by atoms with E-state index in [4.69, 9.17) is 5.73 Å². The summed E-state index contributed by atoms with van der Waals surface area (Å²) < 4.78 is 1.98. The molecule has 0 aliphatic carbocycles. The maximum atomic E-state index is 11.4. The van der Waals surface area contributed by atoms with Gasteiger partial charge in [0, 0.05) is 37.0 Å². The van der Waals surface area contributed by atoms with Crippen molar-refractivity contribution in [1.82, 2.24) is 14.7 Å². The van der Waals surface area contributed by atoms with Gasteiger partial charge in [0.25, 0.3) is 0 Å². The van der Waals surface area contributed by atoms with E-state index in [0.29, 0.717) is 5.56 Å². The molecule has 5 nitrogen and oxygen atoms in total. The first kappa shape index (κ1) is 16.5. The zero-order valence-corrected chi connectivity index (χ0v) is 14.6. The molecule has 0 bridgehead atoms. The molecule has 0 saturated carbocycles. The summed E-state index contributed by atoms with van der Waals surface area (Å²) in [6, 6.07) is 16.1. The molecule has 3 aromatic rings. The Labute approximate surface area is 153 Å². The Morgan fingerprint density at radius 1 is 1.04 bits per heavy atom. The Bertz CT molecular complexity index is 917. The van der Waals surface area contributed by atoms with Gasteiger partial charge in [-0.25, -0.2) is 0 Å². The van der Waals surface area contributed by atoms with E-state index in [-0.39, 0.29) is 5.91 Å². The maximum Gasteiger partial charge on any atom is 0.248 e. The lowest BCUT2D eigenvalue weighted by Gasteiger charge is -2.28. The van der Waals surface area contributed by atoms with Gasteiger partial charge in [-0.05, 0) is 35.2 Å². The van der Waals surface area contributed by atoms with Gasteiger partial charge >= 0.3 is 0 Å². The minimum Gasteiger partial charge on any atom is -0.366 e. The van der Waals surface area contributed by atoms with Crippen molar-refractivity contribution < 1.29 is 4.79 Å². The summed E-state index contributed by atoms with van der Waals surface area (Å²) >= 11 is 0. The summed E-state index contributed by atoms with van der Waals surface area (Å²) in [6.07, 6.45) is 5.05. The standard InChI is InChI=1S/C21H22N4O/c22-21(26)19-7-6-18-8-9-24(15-20(18)10-19)12-17-11-23-25(14-17)13-16-4-2-1-3-5-16/h1-7,10-11,14H,8-9,12-13,15H2,(H2,22,26). The van der Waals surface area contributed by atoms with Gasteiger partial charge in [0.05, 0.1) is 12.7 Å².